The molecule has 1 heterocycles. The largest absolute Gasteiger partial charge is 0.440 e. The van der Waals surface area contributed by atoms with E-state index in [9.17, 15) is 0 Å². The van der Waals surface area contributed by atoms with E-state index in [1.807, 2.05) is 13.0 Å². The van der Waals surface area contributed by atoms with Gasteiger partial charge in [0.2, 0.25) is 5.88 Å². The summed E-state index contributed by atoms with van der Waals surface area (Å²) < 4.78 is 5.68. The van der Waals surface area contributed by atoms with Gasteiger partial charge in [-0.1, -0.05) is 18.2 Å². The minimum atomic E-state index is 0.761. The lowest BCUT2D eigenvalue weighted by Gasteiger charge is -1.95. The number of nitrogens with zero attached hydrogens (tertiary/aromatic N) is 1. The maximum atomic E-state index is 5.68. The molecule has 0 radical (unpaired) electrons. The van der Waals surface area contributed by atoms with Crippen molar-refractivity contribution in [1.29, 1.82) is 0 Å². The van der Waals surface area contributed by atoms with Gasteiger partial charge in [0.1, 0.15) is 5.76 Å². The molecule has 3 nitrogen and oxygen atoms in total. The molecule has 15 heavy (non-hydrogen) atoms. The van der Waals surface area contributed by atoms with Crippen molar-refractivity contribution < 1.29 is 4.42 Å². The zero-order valence-electron chi connectivity index (χ0n) is 8.95. The molecule has 1 aromatic heterocycles. The molecule has 0 aromatic carbocycles. The van der Waals surface area contributed by atoms with E-state index < -0.39 is 0 Å². The van der Waals surface area contributed by atoms with Gasteiger partial charge in [-0.25, -0.2) is 0 Å². The Kier molecular flexibility index (Phi) is 2.72. The Morgan fingerprint density at radius 1 is 1.53 bits per heavy atom. The Bertz CT molecular complexity index is 438. The Morgan fingerprint density at radius 2 is 2.40 bits per heavy atom. The number of rotatable bonds is 3. The second-order valence-corrected chi connectivity index (χ2v) is 3.45. The first kappa shape index (κ1) is 9.77. The van der Waals surface area contributed by atoms with Gasteiger partial charge in [0.25, 0.3) is 0 Å². The minimum absolute atomic E-state index is 0.761. The second-order valence-electron chi connectivity index (χ2n) is 3.45. The molecule has 0 saturated heterocycles. The first-order valence-electron chi connectivity index (χ1n) is 4.96. The fraction of sp³-hybridized carbons (Fsp3) is 0.250. The highest BCUT2D eigenvalue weighted by Crippen LogP contribution is 2.28. The minimum Gasteiger partial charge on any atom is -0.440 e. The molecule has 0 atom stereocenters. The van der Waals surface area contributed by atoms with Gasteiger partial charge in [0.15, 0.2) is 0 Å². The molecule has 0 spiro atoms. The van der Waals surface area contributed by atoms with E-state index >= 15 is 0 Å². The van der Waals surface area contributed by atoms with Crippen molar-refractivity contribution in [1.82, 2.24) is 0 Å². The molecule has 3 heteroatoms. The summed E-state index contributed by atoms with van der Waals surface area (Å²) in [5, 5.41) is 3.00. The lowest BCUT2D eigenvalue weighted by molar-refractivity contribution is 0.572. The van der Waals surface area contributed by atoms with E-state index in [4.69, 9.17) is 4.42 Å². The van der Waals surface area contributed by atoms with Crippen LogP contribution in [0.4, 0.5) is 5.88 Å². The SMILES string of the molecule is CN=CNc1oc(C2=CCC=C2)cc1C. The van der Waals surface area contributed by atoms with Crippen molar-refractivity contribution in [2.45, 2.75) is 13.3 Å². The van der Waals surface area contributed by atoms with Crippen LogP contribution in [0.25, 0.3) is 5.57 Å². The van der Waals surface area contributed by atoms with Crippen LogP contribution in [-0.2, 0) is 0 Å². The molecule has 0 unspecified atom stereocenters. The average Bonchev–Trinajstić information content (AvgIpc) is 2.83. The van der Waals surface area contributed by atoms with Gasteiger partial charge in [-0.15, -0.1) is 0 Å². The molecule has 1 N–H and O–H groups in total. The third kappa shape index (κ3) is 2.01. The van der Waals surface area contributed by atoms with Gasteiger partial charge < -0.3 is 9.73 Å². The number of furan rings is 1. The fourth-order valence-electron chi connectivity index (χ4n) is 1.53. The van der Waals surface area contributed by atoms with Gasteiger partial charge in [0, 0.05) is 18.2 Å². The number of hydrogen-bond donors (Lipinski definition) is 1. The summed E-state index contributed by atoms with van der Waals surface area (Å²) in [6.07, 6.45) is 8.96. The molecule has 0 amide bonds. The average molecular weight is 202 g/mol. The van der Waals surface area contributed by atoms with Crippen molar-refractivity contribution in [3.05, 3.63) is 35.6 Å². The van der Waals surface area contributed by atoms with Gasteiger partial charge in [-0.2, -0.15) is 0 Å². The molecule has 1 aromatic rings. The zero-order chi connectivity index (χ0) is 10.7. The predicted octanol–water partition coefficient (Wildman–Crippen LogP) is 3.00. The first-order valence-corrected chi connectivity index (χ1v) is 4.96. The van der Waals surface area contributed by atoms with E-state index in [0.29, 0.717) is 0 Å². The van der Waals surface area contributed by atoms with E-state index in [2.05, 4.69) is 28.5 Å². The molecule has 0 bridgehead atoms. The number of anilines is 1. The van der Waals surface area contributed by atoms with Crippen LogP contribution in [0.15, 0.2) is 33.7 Å². The molecular formula is C12H14N2O. The van der Waals surface area contributed by atoms with Crippen LogP contribution in [-0.4, -0.2) is 13.4 Å². The van der Waals surface area contributed by atoms with Crippen LogP contribution in [0.1, 0.15) is 17.7 Å². The van der Waals surface area contributed by atoms with Gasteiger partial charge >= 0.3 is 0 Å². The molecule has 1 aliphatic carbocycles. The van der Waals surface area contributed by atoms with Crippen LogP contribution >= 0.6 is 0 Å². The molecule has 2 rings (SSSR count). The topological polar surface area (TPSA) is 37.5 Å². The van der Waals surface area contributed by atoms with Crippen LogP contribution in [0.5, 0.6) is 0 Å². The highest BCUT2D eigenvalue weighted by Gasteiger charge is 2.10. The highest BCUT2D eigenvalue weighted by molar-refractivity contribution is 5.78. The quantitative estimate of drug-likeness (QED) is 0.604. The molecule has 78 valence electrons. The fourth-order valence-corrected chi connectivity index (χ4v) is 1.53. The van der Waals surface area contributed by atoms with Crippen molar-refractivity contribution in [3.63, 3.8) is 0 Å². The standard InChI is InChI=1S/C12H14N2O/c1-9-7-11(10-5-3-4-6-10)15-12(9)14-8-13-2/h3,5-8H,4H2,1-2H3,(H,13,14). The number of aliphatic imine (C=N–C) groups is 1. The van der Waals surface area contributed by atoms with E-state index in [1.54, 1.807) is 13.4 Å². The molecule has 1 aliphatic rings. The summed E-state index contributed by atoms with van der Waals surface area (Å²) in [4.78, 5) is 3.85. The normalized spacial score (nSPS) is 14.9. The predicted molar refractivity (Wildman–Crippen MR) is 63.2 cm³/mol. The van der Waals surface area contributed by atoms with Crippen LogP contribution in [0.3, 0.4) is 0 Å². The monoisotopic (exact) mass is 202 g/mol. The summed E-state index contributed by atoms with van der Waals surface area (Å²) >= 11 is 0. The summed E-state index contributed by atoms with van der Waals surface area (Å²) in [5.74, 6) is 1.67. The summed E-state index contributed by atoms with van der Waals surface area (Å²) in [5.41, 5.74) is 2.24. The molecule has 0 aliphatic heterocycles. The number of hydrogen-bond acceptors (Lipinski definition) is 2. The first-order chi connectivity index (χ1) is 7.31. The van der Waals surface area contributed by atoms with Gasteiger partial charge in [-0.05, 0) is 19.4 Å². The smallest absolute Gasteiger partial charge is 0.201 e. The van der Waals surface area contributed by atoms with Crippen molar-refractivity contribution >= 4 is 17.8 Å². The Balaban J connectivity index is 2.24. The van der Waals surface area contributed by atoms with E-state index in [0.717, 1.165) is 29.2 Å². The maximum absolute atomic E-state index is 5.68. The Morgan fingerprint density at radius 3 is 3.07 bits per heavy atom. The summed E-state index contributed by atoms with van der Waals surface area (Å²) in [6.45, 7) is 2.01. The maximum Gasteiger partial charge on any atom is 0.201 e. The lowest BCUT2D eigenvalue weighted by Crippen LogP contribution is -1.93. The Labute approximate surface area is 89.2 Å². The van der Waals surface area contributed by atoms with Crippen molar-refractivity contribution in [2.24, 2.45) is 4.99 Å². The summed E-state index contributed by atoms with van der Waals surface area (Å²) in [6, 6.07) is 2.04. The van der Waals surface area contributed by atoms with Gasteiger partial charge in [0.05, 0.1) is 6.34 Å². The number of aryl methyl sites for hydroxylation is 1. The van der Waals surface area contributed by atoms with Crippen molar-refractivity contribution in [2.75, 3.05) is 12.4 Å². The van der Waals surface area contributed by atoms with Crippen LogP contribution in [0, 0.1) is 6.92 Å². The highest BCUT2D eigenvalue weighted by atomic mass is 16.4. The summed E-state index contributed by atoms with van der Waals surface area (Å²) in [7, 11) is 1.72. The van der Waals surface area contributed by atoms with Crippen LogP contribution in [0.2, 0.25) is 0 Å². The van der Waals surface area contributed by atoms with Gasteiger partial charge in [-0.3, -0.25) is 4.99 Å². The molecule has 0 saturated carbocycles. The third-order valence-corrected chi connectivity index (χ3v) is 2.30. The molecular weight excluding hydrogens is 188 g/mol. The van der Waals surface area contributed by atoms with Crippen LogP contribution < -0.4 is 5.32 Å². The Hall–Kier alpha value is -1.77. The molecule has 0 fully saturated rings. The lowest BCUT2D eigenvalue weighted by atomic mass is 10.2. The zero-order valence-corrected chi connectivity index (χ0v) is 8.95. The number of nitrogens with one attached hydrogen (secondary N) is 1. The van der Waals surface area contributed by atoms with E-state index in [1.165, 1.54) is 0 Å². The third-order valence-electron chi connectivity index (χ3n) is 2.30. The number of allylic oxidation sites excluding steroid dienone is 4. The van der Waals surface area contributed by atoms with E-state index in [-0.39, 0.29) is 0 Å². The second kappa shape index (κ2) is 4.17. The van der Waals surface area contributed by atoms with Crippen molar-refractivity contribution in [3.8, 4) is 0 Å².